The summed E-state index contributed by atoms with van der Waals surface area (Å²) in [5, 5.41) is 0. The van der Waals surface area contributed by atoms with Gasteiger partial charge in [0.15, 0.2) is 0 Å². The van der Waals surface area contributed by atoms with Crippen LogP contribution in [0.2, 0.25) is 0 Å². The fourth-order valence-electron chi connectivity index (χ4n) is 3.15. The summed E-state index contributed by atoms with van der Waals surface area (Å²) in [6.07, 6.45) is 3.85. The van der Waals surface area contributed by atoms with Gasteiger partial charge in [-0.25, -0.2) is 8.42 Å². The molecule has 6 heteroatoms. The first-order valence-electron chi connectivity index (χ1n) is 9.14. The largest absolute Gasteiger partial charge is 0.494 e. The van der Waals surface area contributed by atoms with Crippen molar-refractivity contribution in [3.8, 4) is 5.75 Å². The molecule has 1 N–H and O–H groups in total. The van der Waals surface area contributed by atoms with Crippen LogP contribution in [0.3, 0.4) is 0 Å². The van der Waals surface area contributed by atoms with Crippen molar-refractivity contribution in [1.82, 2.24) is 4.90 Å². The summed E-state index contributed by atoms with van der Waals surface area (Å²) < 4.78 is 33.0. The maximum absolute atomic E-state index is 12.5. The van der Waals surface area contributed by atoms with Crippen molar-refractivity contribution in [2.45, 2.75) is 37.6 Å². The summed E-state index contributed by atoms with van der Waals surface area (Å²) >= 11 is 0. The number of nitrogens with zero attached hydrogens (tertiary/aromatic N) is 1. The fraction of sp³-hybridized carbons (Fsp3) is 0.400. The molecular weight excluding hydrogens is 348 g/mol. The zero-order valence-corrected chi connectivity index (χ0v) is 16.0. The molecule has 0 aliphatic carbocycles. The molecular formula is C20H26N2O3S. The average Bonchev–Trinajstić information content (AvgIpc) is 2.65. The number of sulfonamides is 1. The number of rotatable bonds is 7. The van der Waals surface area contributed by atoms with Crippen LogP contribution in [0.4, 0.5) is 5.69 Å². The van der Waals surface area contributed by atoms with Crippen LogP contribution in [0.5, 0.6) is 5.75 Å². The number of benzene rings is 2. The molecule has 0 atom stereocenters. The molecule has 0 amide bonds. The molecule has 3 rings (SSSR count). The van der Waals surface area contributed by atoms with Crippen LogP contribution in [0.25, 0.3) is 0 Å². The Hall–Kier alpha value is -2.05. The van der Waals surface area contributed by atoms with E-state index in [1.54, 1.807) is 24.3 Å². The minimum Gasteiger partial charge on any atom is -0.494 e. The Balaban J connectivity index is 1.63. The Morgan fingerprint density at radius 3 is 2.23 bits per heavy atom. The van der Waals surface area contributed by atoms with Gasteiger partial charge in [-0.3, -0.25) is 9.62 Å². The minimum atomic E-state index is -3.60. The van der Waals surface area contributed by atoms with Crippen molar-refractivity contribution < 1.29 is 13.2 Å². The maximum atomic E-state index is 12.5. The molecule has 5 nitrogen and oxygen atoms in total. The Labute approximate surface area is 156 Å². The predicted molar refractivity (Wildman–Crippen MR) is 104 cm³/mol. The Kier molecular flexibility index (Phi) is 6.16. The number of piperidine rings is 1. The number of hydrogen-bond donors (Lipinski definition) is 1. The lowest BCUT2D eigenvalue weighted by molar-refractivity contribution is 0.221. The van der Waals surface area contributed by atoms with Gasteiger partial charge in [-0.05, 0) is 74.8 Å². The average molecular weight is 375 g/mol. The first-order chi connectivity index (χ1) is 12.6. The zero-order chi connectivity index (χ0) is 18.4. The van der Waals surface area contributed by atoms with Crippen LogP contribution in [0.15, 0.2) is 53.4 Å². The third-order valence-corrected chi connectivity index (χ3v) is 5.90. The predicted octanol–water partition coefficient (Wildman–Crippen LogP) is 3.87. The van der Waals surface area contributed by atoms with Crippen molar-refractivity contribution in [1.29, 1.82) is 0 Å². The molecule has 2 aromatic carbocycles. The molecule has 0 saturated carbocycles. The summed E-state index contributed by atoms with van der Waals surface area (Å²) in [6, 6.07) is 14.1. The normalized spacial score (nSPS) is 15.6. The second kappa shape index (κ2) is 8.56. The summed E-state index contributed by atoms with van der Waals surface area (Å²) in [4.78, 5) is 2.67. The van der Waals surface area contributed by atoms with E-state index in [0.29, 0.717) is 18.0 Å². The molecule has 0 aromatic heterocycles. The van der Waals surface area contributed by atoms with Crippen LogP contribution < -0.4 is 9.46 Å². The third-order valence-electron chi connectivity index (χ3n) is 4.51. The van der Waals surface area contributed by atoms with Crippen LogP contribution >= 0.6 is 0 Å². The lowest BCUT2D eigenvalue weighted by atomic mass is 10.1. The molecule has 2 aromatic rings. The first kappa shape index (κ1) is 18.7. The molecule has 0 radical (unpaired) electrons. The fourth-order valence-corrected chi connectivity index (χ4v) is 4.21. The van der Waals surface area contributed by atoms with Crippen molar-refractivity contribution in [2.24, 2.45) is 0 Å². The van der Waals surface area contributed by atoms with Crippen LogP contribution in [-0.2, 0) is 16.6 Å². The second-order valence-corrected chi connectivity index (χ2v) is 8.23. The third kappa shape index (κ3) is 4.99. The monoisotopic (exact) mass is 374 g/mol. The summed E-state index contributed by atoms with van der Waals surface area (Å²) in [5.41, 5.74) is 1.78. The van der Waals surface area contributed by atoms with Gasteiger partial charge in [-0.15, -0.1) is 0 Å². The molecule has 1 saturated heterocycles. The van der Waals surface area contributed by atoms with Crippen molar-refractivity contribution in [2.75, 3.05) is 24.4 Å². The number of anilines is 1. The highest BCUT2D eigenvalue weighted by Crippen LogP contribution is 2.20. The molecule has 0 bridgehead atoms. The highest BCUT2D eigenvalue weighted by Gasteiger charge is 2.15. The van der Waals surface area contributed by atoms with Gasteiger partial charge in [0, 0.05) is 12.2 Å². The number of hydrogen-bond acceptors (Lipinski definition) is 4. The highest BCUT2D eigenvalue weighted by atomic mass is 32.2. The standard InChI is InChI=1S/C20H26N2O3S/c1-2-25-19-10-12-20(13-11-19)26(23,24)21-18-8-6-17(7-9-18)16-22-14-4-3-5-15-22/h6-13,21H,2-5,14-16H2,1H3. The van der Waals surface area contributed by atoms with E-state index < -0.39 is 10.0 Å². The Morgan fingerprint density at radius 2 is 1.62 bits per heavy atom. The van der Waals surface area contributed by atoms with E-state index in [0.717, 1.165) is 19.6 Å². The SMILES string of the molecule is CCOc1ccc(S(=O)(=O)Nc2ccc(CN3CCCCC3)cc2)cc1. The van der Waals surface area contributed by atoms with E-state index >= 15 is 0 Å². The van der Waals surface area contributed by atoms with Gasteiger partial charge in [-0.2, -0.15) is 0 Å². The Morgan fingerprint density at radius 1 is 0.962 bits per heavy atom. The van der Waals surface area contributed by atoms with Gasteiger partial charge in [0.05, 0.1) is 11.5 Å². The van der Waals surface area contributed by atoms with Gasteiger partial charge >= 0.3 is 0 Å². The lowest BCUT2D eigenvalue weighted by Gasteiger charge is -2.26. The number of likely N-dealkylation sites (tertiary alicyclic amines) is 1. The smallest absolute Gasteiger partial charge is 0.261 e. The van der Waals surface area contributed by atoms with E-state index in [1.165, 1.54) is 24.8 Å². The van der Waals surface area contributed by atoms with E-state index in [1.807, 2.05) is 31.2 Å². The molecule has 1 aliphatic heterocycles. The van der Waals surface area contributed by atoms with Gasteiger partial charge in [0.2, 0.25) is 0 Å². The summed E-state index contributed by atoms with van der Waals surface area (Å²) in [6.45, 7) is 5.65. The quantitative estimate of drug-likeness (QED) is 0.799. The number of nitrogens with one attached hydrogen (secondary N) is 1. The van der Waals surface area contributed by atoms with E-state index in [2.05, 4.69) is 9.62 Å². The van der Waals surface area contributed by atoms with E-state index in [4.69, 9.17) is 4.74 Å². The van der Waals surface area contributed by atoms with Gasteiger partial charge < -0.3 is 4.74 Å². The Bertz CT molecular complexity index is 796. The van der Waals surface area contributed by atoms with Crippen molar-refractivity contribution >= 4 is 15.7 Å². The van der Waals surface area contributed by atoms with E-state index in [9.17, 15) is 8.42 Å². The lowest BCUT2D eigenvalue weighted by Crippen LogP contribution is -2.29. The number of ether oxygens (including phenoxy) is 1. The molecule has 1 fully saturated rings. The van der Waals surface area contributed by atoms with Crippen LogP contribution in [0, 0.1) is 0 Å². The molecule has 1 heterocycles. The summed E-state index contributed by atoms with van der Waals surface area (Å²) in [7, 11) is -3.60. The highest BCUT2D eigenvalue weighted by molar-refractivity contribution is 7.92. The van der Waals surface area contributed by atoms with Crippen molar-refractivity contribution in [3.05, 3.63) is 54.1 Å². The van der Waals surface area contributed by atoms with Gasteiger partial charge in [0.1, 0.15) is 5.75 Å². The molecule has 0 spiro atoms. The summed E-state index contributed by atoms with van der Waals surface area (Å²) in [5.74, 6) is 0.661. The van der Waals surface area contributed by atoms with Crippen molar-refractivity contribution in [3.63, 3.8) is 0 Å². The van der Waals surface area contributed by atoms with Gasteiger partial charge in [0.25, 0.3) is 10.0 Å². The van der Waals surface area contributed by atoms with Gasteiger partial charge in [-0.1, -0.05) is 18.6 Å². The van der Waals surface area contributed by atoms with Crippen LogP contribution in [-0.4, -0.2) is 33.0 Å². The first-order valence-corrected chi connectivity index (χ1v) is 10.6. The molecule has 0 unspecified atom stereocenters. The molecule has 1 aliphatic rings. The van der Waals surface area contributed by atoms with E-state index in [-0.39, 0.29) is 4.90 Å². The zero-order valence-electron chi connectivity index (χ0n) is 15.1. The topological polar surface area (TPSA) is 58.6 Å². The molecule has 26 heavy (non-hydrogen) atoms. The molecule has 140 valence electrons. The second-order valence-electron chi connectivity index (χ2n) is 6.54. The maximum Gasteiger partial charge on any atom is 0.261 e. The minimum absolute atomic E-state index is 0.221. The van der Waals surface area contributed by atoms with Crippen LogP contribution in [0.1, 0.15) is 31.7 Å².